The molecule has 1 fully saturated rings. The van der Waals surface area contributed by atoms with E-state index in [1.165, 1.54) is 19.3 Å². The Labute approximate surface area is 152 Å². The zero-order valence-electron chi connectivity index (χ0n) is 12.3. The number of methoxy groups -OCH3 is 1. The van der Waals surface area contributed by atoms with Crippen LogP contribution in [0.3, 0.4) is 0 Å². The molecule has 118 valence electrons. The highest BCUT2D eigenvalue weighted by molar-refractivity contribution is 14.0. The van der Waals surface area contributed by atoms with Crippen molar-refractivity contribution in [3.05, 3.63) is 28.2 Å². The van der Waals surface area contributed by atoms with Crippen LogP contribution in [0, 0.1) is 5.92 Å². The summed E-state index contributed by atoms with van der Waals surface area (Å²) in [4.78, 5) is 4.38. The van der Waals surface area contributed by atoms with E-state index in [2.05, 4.69) is 32.3 Å². The number of hydrogen-bond acceptors (Lipinski definition) is 2. The minimum atomic E-state index is 0. The summed E-state index contributed by atoms with van der Waals surface area (Å²) >= 11 is 3.49. The summed E-state index contributed by atoms with van der Waals surface area (Å²) in [7, 11) is 1.69. The second kappa shape index (κ2) is 9.50. The van der Waals surface area contributed by atoms with Crippen LogP contribution in [0.1, 0.15) is 24.8 Å². The molecule has 0 aromatic heterocycles. The average Bonchev–Trinajstić information content (AvgIpc) is 2.37. The second-order valence-corrected chi connectivity index (χ2v) is 5.99. The first-order chi connectivity index (χ1) is 9.70. The summed E-state index contributed by atoms with van der Waals surface area (Å²) in [6, 6.07) is 6.05. The fourth-order valence-electron chi connectivity index (χ4n) is 2.26. The number of nitrogens with one attached hydrogen (secondary N) is 1. The zero-order chi connectivity index (χ0) is 14.4. The van der Waals surface area contributed by atoms with Crippen molar-refractivity contribution < 1.29 is 4.74 Å². The van der Waals surface area contributed by atoms with Gasteiger partial charge in [-0.2, -0.15) is 0 Å². The van der Waals surface area contributed by atoms with Gasteiger partial charge in [0, 0.05) is 13.1 Å². The zero-order valence-corrected chi connectivity index (χ0v) is 16.2. The molecular formula is C15H23BrIN3O. The lowest BCUT2D eigenvalue weighted by Gasteiger charge is -2.23. The summed E-state index contributed by atoms with van der Waals surface area (Å²) in [6.07, 6.45) is 4.79. The highest BCUT2D eigenvalue weighted by atomic mass is 127. The molecule has 1 aliphatic carbocycles. The third-order valence-corrected chi connectivity index (χ3v) is 4.32. The molecule has 6 heteroatoms. The van der Waals surface area contributed by atoms with Crippen molar-refractivity contribution in [3.8, 4) is 5.75 Å². The molecule has 1 aromatic rings. The third-order valence-electron chi connectivity index (χ3n) is 3.70. The monoisotopic (exact) mass is 467 g/mol. The molecule has 0 amide bonds. The van der Waals surface area contributed by atoms with Crippen molar-refractivity contribution in [1.29, 1.82) is 0 Å². The van der Waals surface area contributed by atoms with Crippen molar-refractivity contribution in [2.24, 2.45) is 16.6 Å². The predicted octanol–water partition coefficient (Wildman–Crippen LogP) is 3.32. The number of hydrogen-bond donors (Lipinski definition) is 2. The molecule has 0 unspecified atom stereocenters. The van der Waals surface area contributed by atoms with Gasteiger partial charge in [-0.3, -0.25) is 4.99 Å². The maximum Gasteiger partial charge on any atom is 0.188 e. The average molecular weight is 468 g/mol. The smallest absolute Gasteiger partial charge is 0.188 e. The molecule has 0 saturated heterocycles. The van der Waals surface area contributed by atoms with Gasteiger partial charge in [-0.25, -0.2) is 0 Å². The summed E-state index contributed by atoms with van der Waals surface area (Å²) < 4.78 is 6.37. The maximum atomic E-state index is 5.86. The minimum absolute atomic E-state index is 0. The van der Waals surface area contributed by atoms with Gasteiger partial charge in [-0.15, -0.1) is 24.0 Å². The summed E-state index contributed by atoms with van der Waals surface area (Å²) in [6.45, 7) is 1.62. The second-order valence-electron chi connectivity index (χ2n) is 5.13. The lowest BCUT2D eigenvalue weighted by Crippen LogP contribution is -2.34. The molecule has 1 saturated carbocycles. The number of halogens is 2. The lowest BCUT2D eigenvalue weighted by molar-refractivity contribution is 0.326. The number of ether oxygens (including phenoxy) is 1. The Morgan fingerprint density at radius 2 is 2.24 bits per heavy atom. The van der Waals surface area contributed by atoms with Gasteiger partial charge >= 0.3 is 0 Å². The number of nitrogens with two attached hydrogens (primary N) is 1. The topological polar surface area (TPSA) is 59.6 Å². The molecule has 1 aliphatic rings. The summed E-state index contributed by atoms with van der Waals surface area (Å²) in [5.41, 5.74) is 7.02. The van der Waals surface area contributed by atoms with Gasteiger partial charge in [-0.1, -0.05) is 18.6 Å². The standard InChI is InChI=1S/C15H22BrN3O.HI/c1-20-14-12(6-3-7-13(14)16)8-9-18-15(17)19-10-11-4-2-5-11;/h3,6-7,11H,2,4-5,8-10H2,1H3,(H3,17,18,19);1H. The van der Waals surface area contributed by atoms with Crippen LogP contribution >= 0.6 is 39.9 Å². The first kappa shape index (κ1) is 18.5. The van der Waals surface area contributed by atoms with Crippen molar-refractivity contribution in [2.45, 2.75) is 25.7 Å². The Balaban J connectivity index is 0.00000220. The number of nitrogens with zero attached hydrogens (tertiary/aromatic N) is 1. The molecule has 21 heavy (non-hydrogen) atoms. The fourth-order valence-corrected chi connectivity index (χ4v) is 2.83. The van der Waals surface area contributed by atoms with Gasteiger partial charge < -0.3 is 15.8 Å². The molecule has 2 rings (SSSR count). The van der Waals surface area contributed by atoms with Crippen LogP contribution in [0.15, 0.2) is 27.7 Å². The summed E-state index contributed by atoms with van der Waals surface area (Å²) in [5, 5.41) is 3.16. The van der Waals surface area contributed by atoms with Crippen LogP contribution in [-0.2, 0) is 6.42 Å². The van der Waals surface area contributed by atoms with E-state index in [9.17, 15) is 0 Å². The number of benzene rings is 1. The largest absolute Gasteiger partial charge is 0.495 e. The molecule has 0 spiro atoms. The lowest BCUT2D eigenvalue weighted by atomic mass is 9.86. The fraction of sp³-hybridized carbons (Fsp3) is 0.533. The quantitative estimate of drug-likeness (QED) is 0.383. The third kappa shape index (κ3) is 5.65. The molecule has 0 bridgehead atoms. The Kier molecular flexibility index (Phi) is 8.39. The van der Waals surface area contributed by atoms with Gasteiger partial charge in [0.15, 0.2) is 5.96 Å². The van der Waals surface area contributed by atoms with Crippen molar-refractivity contribution in [2.75, 3.05) is 20.2 Å². The molecule has 3 N–H and O–H groups in total. The molecular weight excluding hydrogens is 445 g/mol. The van der Waals surface area contributed by atoms with Crippen molar-refractivity contribution in [3.63, 3.8) is 0 Å². The number of guanidine groups is 1. The Morgan fingerprint density at radius 3 is 2.86 bits per heavy atom. The minimum Gasteiger partial charge on any atom is -0.495 e. The molecule has 1 aromatic carbocycles. The molecule has 4 nitrogen and oxygen atoms in total. The highest BCUT2D eigenvalue weighted by Crippen LogP contribution is 2.28. The Bertz CT molecular complexity index is 478. The SMILES string of the molecule is COc1c(Br)cccc1CCNC(N)=NCC1CCC1.I. The first-order valence-electron chi connectivity index (χ1n) is 7.06. The van der Waals surface area contributed by atoms with Crippen LogP contribution < -0.4 is 15.8 Å². The Hall–Kier alpha value is -0.500. The van der Waals surface area contributed by atoms with E-state index in [0.717, 1.165) is 41.2 Å². The van der Waals surface area contributed by atoms with E-state index in [0.29, 0.717) is 5.96 Å². The predicted molar refractivity (Wildman–Crippen MR) is 102 cm³/mol. The molecule has 0 atom stereocenters. The van der Waals surface area contributed by atoms with Crippen molar-refractivity contribution >= 4 is 45.9 Å². The molecule has 0 heterocycles. The van der Waals surface area contributed by atoms with E-state index >= 15 is 0 Å². The van der Waals surface area contributed by atoms with Gasteiger partial charge in [0.2, 0.25) is 0 Å². The van der Waals surface area contributed by atoms with Crippen LogP contribution in [-0.4, -0.2) is 26.2 Å². The first-order valence-corrected chi connectivity index (χ1v) is 7.85. The Morgan fingerprint density at radius 1 is 1.48 bits per heavy atom. The number of aliphatic imine (C=N–C) groups is 1. The van der Waals surface area contributed by atoms with Gasteiger partial charge in [0.05, 0.1) is 11.6 Å². The maximum absolute atomic E-state index is 5.86. The van der Waals surface area contributed by atoms with Gasteiger partial charge in [-0.05, 0) is 52.7 Å². The van der Waals surface area contributed by atoms with Crippen molar-refractivity contribution in [1.82, 2.24) is 5.32 Å². The van der Waals surface area contributed by atoms with E-state index < -0.39 is 0 Å². The molecule has 0 aliphatic heterocycles. The van der Waals surface area contributed by atoms with Crippen LogP contribution in [0.2, 0.25) is 0 Å². The molecule has 0 radical (unpaired) electrons. The van der Waals surface area contributed by atoms with E-state index in [1.807, 2.05) is 12.1 Å². The van der Waals surface area contributed by atoms with E-state index in [1.54, 1.807) is 7.11 Å². The van der Waals surface area contributed by atoms with E-state index in [-0.39, 0.29) is 24.0 Å². The van der Waals surface area contributed by atoms with Crippen LogP contribution in [0.25, 0.3) is 0 Å². The number of para-hydroxylation sites is 1. The van der Waals surface area contributed by atoms with Crippen LogP contribution in [0.4, 0.5) is 0 Å². The van der Waals surface area contributed by atoms with Crippen LogP contribution in [0.5, 0.6) is 5.75 Å². The normalized spacial score (nSPS) is 15.0. The van der Waals surface area contributed by atoms with Gasteiger partial charge in [0.1, 0.15) is 5.75 Å². The summed E-state index contributed by atoms with van der Waals surface area (Å²) in [5.74, 6) is 2.19. The van der Waals surface area contributed by atoms with E-state index in [4.69, 9.17) is 10.5 Å². The number of rotatable bonds is 6. The van der Waals surface area contributed by atoms with Gasteiger partial charge in [0.25, 0.3) is 0 Å². The highest BCUT2D eigenvalue weighted by Gasteiger charge is 2.16.